The first kappa shape index (κ1) is 24.2. The van der Waals surface area contributed by atoms with Crippen molar-refractivity contribution in [2.75, 3.05) is 32.0 Å². The Morgan fingerprint density at radius 2 is 1.68 bits per heavy atom. The van der Waals surface area contributed by atoms with Gasteiger partial charge in [-0.3, -0.25) is 0 Å². The number of rotatable bonds is 12. The van der Waals surface area contributed by atoms with Crippen LogP contribution in [0.5, 0.6) is 0 Å². The van der Waals surface area contributed by atoms with Crippen molar-refractivity contribution in [3.63, 3.8) is 0 Å². The lowest BCUT2D eigenvalue weighted by molar-refractivity contribution is 0.714. The summed E-state index contributed by atoms with van der Waals surface area (Å²) in [5.74, 6) is 0.896. The van der Waals surface area contributed by atoms with Crippen LogP contribution in [0.2, 0.25) is 5.02 Å². The first-order valence-corrected chi connectivity index (χ1v) is 10.7. The highest BCUT2D eigenvalue weighted by Gasteiger charge is 2.11. The van der Waals surface area contributed by atoms with Gasteiger partial charge in [-0.25, -0.2) is 0 Å². The van der Waals surface area contributed by atoms with Gasteiger partial charge >= 0.3 is 0 Å². The van der Waals surface area contributed by atoms with E-state index in [2.05, 4.69) is 34.8 Å². The predicted molar refractivity (Wildman–Crippen MR) is 134 cm³/mol. The van der Waals surface area contributed by atoms with Gasteiger partial charge in [-0.2, -0.15) is 0 Å². The SMILES string of the molecule is C=C(N/C(N)=C/C(=C(\N)NCCNC)c1ccccc1Cl)c1ccccc1NCCC. The van der Waals surface area contributed by atoms with Gasteiger partial charge in [-0.05, 0) is 31.7 Å². The Morgan fingerprint density at radius 1 is 1.00 bits per heavy atom. The van der Waals surface area contributed by atoms with Crippen LogP contribution >= 0.6 is 11.6 Å². The summed E-state index contributed by atoms with van der Waals surface area (Å²) >= 11 is 6.43. The third-order valence-corrected chi connectivity index (χ3v) is 4.89. The molecule has 8 N–H and O–H groups in total. The second-order valence-corrected chi connectivity index (χ2v) is 7.42. The Labute approximate surface area is 190 Å². The number of likely N-dealkylation sites (N-methyl/N-ethyl adjacent to an activating group) is 1. The minimum atomic E-state index is 0.406. The van der Waals surface area contributed by atoms with Gasteiger partial charge in [0.2, 0.25) is 0 Å². The van der Waals surface area contributed by atoms with E-state index in [9.17, 15) is 0 Å². The van der Waals surface area contributed by atoms with E-state index in [0.717, 1.165) is 36.3 Å². The van der Waals surface area contributed by atoms with Crippen molar-refractivity contribution in [1.82, 2.24) is 16.0 Å². The molecule has 0 bridgehead atoms. The zero-order valence-electron chi connectivity index (χ0n) is 18.3. The molecule has 166 valence electrons. The lowest BCUT2D eigenvalue weighted by atomic mass is 10.0. The van der Waals surface area contributed by atoms with E-state index in [1.807, 2.05) is 55.6 Å². The topological polar surface area (TPSA) is 100 Å². The normalized spacial score (nSPS) is 12.2. The standard InChI is InChI=1S/C24H33ClN6/c1-4-13-29-22-12-8-6-9-18(22)17(2)31-23(26)16-20(24(27)30-15-14-28-3)19-10-5-7-11-21(19)25/h5-12,16,28-31H,2,4,13-15,26-27H2,1,3H3/b23-16+,24-20-. The van der Waals surface area contributed by atoms with Crippen LogP contribution in [-0.2, 0) is 0 Å². The molecule has 2 aromatic rings. The van der Waals surface area contributed by atoms with Crippen molar-refractivity contribution >= 4 is 28.6 Å². The van der Waals surface area contributed by atoms with Crippen molar-refractivity contribution in [3.05, 3.63) is 89.0 Å². The third-order valence-electron chi connectivity index (χ3n) is 4.56. The zero-order valence-corrected chi connectivity index (χ0v) is 19.0. The van der Waals surface area contributed by atoms with Gasteiger partial charge in [0.15, 0.2) is 0 Å². The van der Waals surface area contributed by atoms with Gasteiger partial charge in [-0.15, -0.1) is 0 Å². The Hall–Kier alpha value is -3.09. The van der Waals surface area contributed by atoms with Gasteiger partial charge in [0, 0.05) is 52.7 Å². The summed E-state index contributed by atoms with van der Waals surface area (Å²) in [6.45, 7) is 8.61. The second-order valence-electron chi connectivity index (χ2n) is 7.01. The highest BCUT2D eigenvalue weighted by molar-refractivity contribution is 6.32. The molecule has 0 aromatic heterocycles. The number of para-hydroxylation sites is 1. The molecule has 0 saturated carbocycles. The molecule has 7 heteroatoms. The number of hydrogen-bond acceptors (Lipinski definition) is 6. The first-order valence-electron chi connectivity index (χ1n) is 10.4. The molecule has 6 nitrogen and oxygen atoms in total. The van der Waals surface area contributed by atoms with Crippen LogP contribution in [0.4, 0.5) is 5.69 Å². The molecule has 0 fully saturated rings. The number of nitrogens with one attached hydrogen (secondary N) is 4. The summed E-state index contributed by atoms with van der Waals surface area (Å²) in [5, 5.41) is 13.5. The number of benzene rings is 2. The summed E-state index contributed by atoms with van der Waals surface area (Å²) in [6.07, 6.45) is 2.80. The van der Waals surface area contributed by atoms with Crippen LogP contribution in [0.25, 0.3) is 11.3 Å². The Balaban J connectivity index is 2.30. The van der Waals surface area contributed by atoms with Crippen LogP contribution in [-0.4, -0.2) is 26.7 Å². The number of nitrogens with two attached hydrogens (primary N) is 2. The molecule has 0 aliphatic rings. The van der Waals surface area contributed by atoms with Crippen LogP contribution in [0.1, 0.15) is 24.5 Å². The Kier molecular flexibility index (Phi) is 9.81. The lowest BCUT2D eigenvalue weighted by Gasteiger charge is -2.17. The third kappa shape index (κ3) is 7.27. The summed E-state index contributed by atoms with van der Waals surface area (Å²) < 4.78 is 0. The molecule has 2 aromatic carbocycles. The van der Waals surface area contributed by atoms with Gasteiger partial charge in [0.1, 0.15) is 11.6 Å². The summed E-state index contributed by atoms with van der Waals surface area (Å²) in [7, 11) is 1.89. The highest BCUT2D eigenvalue weighted by Crippen LogP contribution is 2.27. The van der Waals surface area contributed by atoms with E-state index < -0.39 is 0 Å². The highest BCUT2D eigenvalue weighted by atomic mass is 35.5. The van der Waals surface area contributed by atoms with Crippen molar-refractivity contribution in [2.45, 2.75) is 13.3 Å². The van der Waals surface area contributed by atoms with Gasteiger partial charge in [-0.1, -0.05) is 61.5 Å². The Morgan fingerprint density at radius 3 is 2.35 bits per heavy atom. The molecule has 0 saturated heterocycles. The molecule has 0 amide bonds. The fourth-order valence-electron chi connectivity index (χ4n) is 2.99. The number of hydrogen-bond donors (Lipinski definition) is 6. The molecule has 0 aliphatic heterocycles. The van der Waals surface area contributed by atoms with Gasteiger partial charge in [0.05, 0.1) is 0 Å². The molecule has 0 radical (unpaired) electrons. The van der Waals surface area contributed by atoms with E-state index in [1.165, 1.54) is 0 Å². The van der Waals surface area contributed by atoms with Crippen molar-refractivity contribution in [2.24, 2.45) is 11.5 Å². The lowest BCUT2D eigenvalue weighted by Crippen LogP contribution is -2.29. The van der Waals surface area contributed by atoms with Gasteiger partial charge < -0.3 is 32.7 Å². The fraction of sp³-hybridized carbons (Fsp3) is 0.250. The minimum absolute atomic E-state index is 0.406. The predicted octanol–water partition coefficient (Wildman–Crippen LogP) is 3.66. The number of halogens is 1. The van der Waals surface area contributed by atoms with E-state index in [4.69, 9.17) is 23.1 Å². The Bertz CT molecular complexity index is 935. The van der Waals surface area contributed by atoms with E-state index >= 15 is 0 Å². The maximum absolute atomic E-state index is 6.43. The summed E-state index contributed by atoms with van der Waals surface area (Å²) in [6, 6.07) is 15.5. The fourth-order valence-corrected chi connectivity index (χ4v) is 3.23. The van der Waals surface area contributed by atoms with Crippen molar-refractivity contribution in [1.29, 1.82) is 0 Å². The number of allylic oxidation sites excluding steroid dienone is 2. The van der Waals surface area contributed by atoms with Crippen LogP contribution in [0.15, 0.2) is 72.8 Å². The van der Waals surface area contributed by atoms with E-state index in [0.29, 0.717) is 34.5 Å². The average Bonchev–Trinajstić information content (AvgIpc) is 2.77. The van der Waals surface area contributed by atoms with E-state index in [-0.39, 0.29) is 0 Å². The average molecular weight is 441 g/mol. The van der Waals surface area contributed by atoms with Crippen molar-refractivity contribution in [3.8, 4) is 0 Å². The maximum atomic E-state index is 6.43. The van der Waals surface area contributed by atoms with Crippen LogP contribution in [0.3, 0.4) is 0 Å². The molecule has 2 rings (SSSR count). The van der Waals surface area contributed by atoms with Crippen molar-refractivity contribution < 1.29 is 0 Å². The molecule has 0 spiro atoms. The quantitative estimate of drug-likeness (QED) is 0.222. The monoisotopic (exact) mass is 440 g/mol. The van der Waals surface area contributed by atoms with E-state index in [1.54, 1.807) is 6.08 Å². The number of anilines is 1. The molecule has 31 heavy (non-hydrogen) atoms. The molecule has 0 aliphatic carbocycles. The van der Waals surface area contributed by atoms with Crippen LogP contribution < -0.4 is 32.7 Å². The molecule has 0 unspecified atom stereocenters. The summed E-state index contributed by atoms with van der Waals surface area (Å²) in [4.78, 5) is 0. The first-order chi connectivity index (χ1) is 15.0. The maximum Gasteiger partial charge on any atom is 0.104 e. The zero-order chi connectivity index (χ0) is 22.6. The van der Waals surface area contributed by atoms with Gasteiger partial charge in [0.25, 0.3) is 0 Å². The summed E-state index contributed by atoms with van der Waals surface area (Å²) in [5.41, 5.74) is 16.8. The van der Waals surface area contributed by atoms with Crippen LogP contribution in [0, 0.1) is 0 Å². The molecule has 0 atom stereocenters. The second kappa shape index (κ2) is 12.6. The minimum Gasteiger partial charge on any atom is -0.385 e. The molecular formula is C24H33ClN6. The smallest absolute Gasteiger partial charge is 0.104 e. The molecular weight excluding hydrogens is 408 g/mol. The molecule has 0 heterocycles. The largest absolute Gasteiger partial charge is 0.385 e.